The Balaban J connectivity index is 1.46. The molecule has 1 N–H and O–H groups in total. The average molecular weight is 331 g/mol. The van der Waals surface area contributed by atoms with Gasteiger partial charge < -0.3 is 14.6 Å². The minimum Gasteiger partial charge on any atom is -0.459 e. The van der Waals surface area contributed by atoms with Gasteiger partial charge in [-0.15, -0.1) is 0 Å². The maximum Gasteiger partial charge on any atom is 0.289 e. The van der Waals surface area contributed by atoms with Gasteiger partial charge in [-0.25, -0.2) is 4.39 Å². The summed E-state index contributed by atoms with van der Waals surface area (Å²) in [5.74, 6) is -0.300. The van der Waals surface area contributed by atoms with E-state index < -0.39 is 0 Å². The van der Waals surface area contributed by atoms with Crippen molar-refractivity contribution in [3.05, 3.63) is 54.2 Å². The number of hydrogen-bond acceptors (Lipinski definition) is 4. The van der Waals surface area contributed by atoms with Crippen LogP contribution in [0.1, 0.15) is 10.6 Å². The van der Waals surface area contributed by atoms with Gasteiger partial charge in [0.05, 0.1) is 12.8 Å². The second-order valence-electron chi connectivity index (χ2n) is 5.60. The lowest BCUT2D eigenvalue weighted by Gasteiger charge is -2.33. The number of halogens is 1. The normalized spacial score (nSPS) is 15.3. The Kier molecular flexibility index (Phi) is 4.90. The maximum absolute atomic E-state index is 12.8. The summed E-state index contributed by atoms with van der Waals surface area (Å²) in [5, 5.41) is 2.73. The molecule has 3 rings (SSSR count). The van der Waals surface area contributed by atoms with Crippen molar-refractivity contribution in [2.45, 2.75) is 0 Å². The first-order chi connectivity index (χ1) is 11.6. The number of hydrogen-bond donors (Lipinski definition) is 1. The molecule has 24 heavy (non-hydrogen) atoms. The first-order valence-electron chi connectivity index (χ1n) is 7.72. The highest BCUT2D eigenvalue weighted by Crippen LogP contribution is 2.11. The molecule has 1 saturated heterocycles. The van der Waals surface area contributed by atoms with E-state index in [1.54, 1.807) is 17.0 Å². The van der Waals surface area contributed by atoms with Crippen LogP contribution in [0.25, 0.3) is 0 Å². The van der Waals surface area contributed by atoms with Crippen molar-refractivity contribution in [1.29, 1.82) is 0 Å². The second kappa shape index (κ2) is 7.27. The van der Waals surface area contributed by atoms with Crippen molar-refractivity contribution in [3.8, 4) is 0 Å². The third-order valence-corrected chi connectivity index (χ3v) is 3.89. The molecule has 1 aromatic carbocycles. The Morgan fingerprint density at radius 3 is 2.42 bits per heavy atom. The highest BCUT2D eigenvalue weighted by atomic mass is 19.1. The predicted octanol–water partition coefficient (Wildman–Crippen LogP) is 1.82. The lowest BCUT2D eigenvalue weighted by atomic mass is 10.2. The van der Waals surface area contributed by atoms with Crippen LogP contribution in [-0.2, 0) is 4.79 Å². The number of piperazine rings is 1. The fraction of sp³-hybridized carbons (Fsp3) is 0.294. The van der Waals surface area contributed by atoms with Gasteiger partial charge in [0.1, 0.15) is 5.82 Å². The molecule has 7 heteroatoms. The van der Waals surface area contributed by atoms with Crippen molar-refractivity contribution in [2.75, 3.05) is 38.0 Å². The molecule has 0 unspecified atom stereocenters. The van der Waals surface area contributed by atoms with E-state index >= 15 is 0 Å². The van der Waals surface area contributed by atoms with E-state index in [2.05, 4.69) is 5.32 Å². The van der Waals surface area contributed by atoms with Crippen molar-refractivity contribution in [3.63, 3.8) is 0 Å². The molecule has 2 amide bonds. The van der Waals surface area contributed by atoms with Gasteiger partial charge in [0, 0.05) is 31.9 Å². The molecule has 1 aliphatic rings. The number of anilines is 1. The zero-order valence-electron chi connectivity index (χ0n) is 13.1. The molecular formula is C17H18FN3O3. The second-order valence-corrected chi connectivity index (χ2v) is 5.60. The number of rotatable bonds is 4. The number of benzene rings is 1. The van der Waals surface area contributed by atoms with Crippen LogP contribution in [0.5, 0.6) is 0 Å². The van der Waals surface area contributed by atoms with Crippen LogP contribution < -0.4 is 5.32 Å². The quantitative estimate of drug-likeness (QED) is 0.928. The molecule has 0 saturated carbocycles. The Bertz CT molecular complexity index is 692. The summed E-state index contributed by atoms with van der Waals surface area (Å²) in [6, 6.07) is 8.97. The third-order valence-electron chi connectivity index (χ3n) is 3.89. The van der Waals surface area contributed by atoms with E-state index in [0.29, 0.717) is 37.6 Å². The maximum atomic E-state index is 12.8. The van der Waals surface area contributed by atoms with Crippen LogP contribution in [0.2, 0.25) is 0 Å². The number of amides is 2. The average Bonchev–Trinajstić information content (AvgIpc) is 3.11. The monoisotopic (exact) mass is 331 g/mol. The number of nitrogens with zero attached hydrogens (tertiary/aromatic N) is 2. The van der Waals surface area contributed by atoms with Gasteiger partial charge in [-0.3, -0.25) is 14.5 Å². The third kappa shape index (κ3) is 3.99. The van der Waals surface area contributed by atoms with Crippen molar-refractivity contribution in [2.24, 2.45) is 0 Å². The van der Waals surface area contributed by atoms with Gasteiger partial charge in [0.15, 0.2) is 5.76 Å². The topological polar surface area (TPSA) is 65.8 Å². The van der Waals surface area contributed by atoms with E-state index in [-0.39, 0.29) is 24.2 Å². The van der Waals surface area contributed by atoms with Crippen molar-refractivity contribution >= 4 is 17.5 Å². The van der Waals surface area contributed by atoms with Crippen molar-refractivity contribution < 1.29 is 18.4 Å². The van der Waals surface area contributed by atoms with Gasteiger partial charge in [0.2, 0.25) is 5.91 Å². The van der Waals surface area contributed by atoms with Crippen LogP contribution in [0.15, 0.2) is 47.1 Å². The molecule has 1 fully saturated rings. The highest BCUT2D eigenvalue weighted by molar-refractivity contribution is 5.92. The van der Waals surface area contributed by atoms with Crippen LogP contribution in [0, 0.1) is 5.82 Å². The first-order valence-corrected chi connectivity index (χ1v) is 7.72. The number of nitrogens with one attached hydrogen (secondary N) is 1. The summed E-state index contributed by atoms with van der Waals surface area (Å²) >= 11 is 0. The van der Waals surface area contributed by atoms with E-state index in [1.807, 2.05) is 4.90 Å². The molecule has 1 aliphatic heterocycles. The minimum atomic E-state index is -0.342. The smallest absolute Gasteiger partial charge is 0.289 e. The zero-order valence-corrected chi connectivity index (χ0v) is 13.1. The van der Waals surface area contributed by atoms with E-state index in [9.17, 15) is 14.0 Å². The van der Waals surface area contributed by atoms with Crippen LogP contribution in [-0.4, -0.2) is 54.3 Å². The van der Waals surface area contributed by atoms with E-state index in [0.717, 1.165) is 0 Å². The minimum absolute atomic E-state index is 0.129. The molecule has 2 heterocycles. The molecule has 1 aromatic heterocycles. The van der Waals surface area contributed by atoms with Crippen LogP contribution >= 0.6 is 0 Å². The lowest BCUT2D eigenvalue weighted by molar-refractivity contribution is -0.117. The Morgan fingerprint density at radius 1 is 1.08 bits per heavy atom. The number of carbonyl (C=O) groups is 2. The summed E-state index contributed by atoms with van der Waals surface area (Å²) in [7, 11) is 0. The molecule has 0 radical (unpaired) electrons. The SMILES string of the molecule is O=C(CN1CCN(C(=O)c2ccco2)CC1)Nc1ccc(F)cc1. The fourth-order valence-corrected chi connectivity index (χ4v) is 2.60. The van der Waals surface area contributed by atoms with E-state index in [1.165, 1.54) is 30.5 Å². The number of furan rings is 1. The summed E-state index contributed by atoms with van der Waals surface area (Å²) in [6.07, 6.45) is 1.48. The summed E-state index contributed by atoms with van der Waals surface area (Å²) < 4.78 is 18.0. The van der Waals surface area contributed by atoms with Crippen molar-refractivity contribution in [1.82, 2.24) is 9.80 Å². The van der Waals surface area contributed by atoms with Crippen LogP contribution in [0.3, 0.4) is 0 Å². The summed E-state index contributed by atoms with van der Waals surface area (Å²) in [6.45, 7) is 2.56. The molecule has 6 nitrogen and oxygen atoms in total. The summed E-state index contributed by atoms with van der Waals surface area (Å²) in [4.78, 5) is 27.9. The van der Waals surface area contributed by atoms with Gasteiger partial charge >= 0.3 is 0 Å². The Morgan fingerprint density at radius 2 is 1.79 bits per heavy atom. The standard InChI is InChI=1S/C17H18FN3O3/c18-13-3-5-14(6-4-13)19-16(22)12-20-7-9-21(10-8-20)17(23)15-2-1-11-24-15/h1-6,11H,7-10,12H2,(H,19,22). The molecule has 0 aliphatic carbocycles. The van der Waals surface area contributed by atoms with Gasteiger partial charge in [-0.2, -0.15) is 0 Å². The van der Waals surface area contributed by atoms with Gasteiger partial charge in [0.25, 0.3) is 5.91 Å². The molecule has 126 valence electrons. The van der Waals surface area contributed by atoms with Gasteiger partial charge in [-0.1, -0.05) is 0 Å². The molecule has 0 bridgehead atoms. The predicted molar refractivity (Wildman–Crippen MR) is 86.1 cm³/mol. The molecule has 0 atom stereocenters. The zero-order chi connectivity index (χ0) is 16.9. The summed E-state index contributed by atoms with van der Waals surface area (Å²) in [5.41, 5.74) is 0.563. The largest absolute Gasteiger partial charge is 0.459 e. The first kappa shape index (κ1) is 16.2. The number of carbonyl (C=O) groups excluding carboxylic acids is 2. The van der Waals surface area contributed by atoms with E-state index in [4.69, 9.17) is 4.42 Å². The van der Waals surface area contributed by atoms with Gasteiger partial charge in [-0.05, 0) is 36.4 Å². The Labute approximate surface area is 138 Å². The van der Waals surface area contributed by atoms with Crippen LogP contribution in [0.4, 0.5) is 10.1 Å². The molecule has 2 aromatic rings. The molecule has 0 spiro atoms. The molecular weight excluding hydrogens is 313 g/mol. The Hall–Kier alpha value is -2.67. The fourth-order valence-electron chi connectivity index (χ4n) is 2.60. The lowest BCUT2D eigenvalue weighted by Crippen LogP contribution is -2.50. The highest BCUT2D eigenvalue weighted by Gasteiger charge is 2.24.